The lowest BCUT2D eigenvalue weighted by atomic mass is 10.4. The van der Waals surface area contributed by atoms with Crippen molar-refractivity contribution in [3.05, 3.63) is 47.5 Å². The van der Waals surface area contributed by atoms with Gasteiger partial charge in [-0.1, -0.05) is 36.4 Å². The first kappa shape index (κ1) is 13.2. The van der Waals surface area contributed by atoms with E-state index in [1.807, 2.05) is 42.5 Å². The average Bonchev–Trinajstić information content (AvgIpc) is 2.40. The Morgan fingerprint density at radius 3 is 2.67 bits per heavy atom. The molecule has 0 unspecified atom stereocenters. The molecule has 0 amide bonds. The SMILES string of the molecule is CCCNc1cccc(Sc2ccc(Cl)cc2)n1. The van der Waals surface area contributed by atoms with E-state index in [0.29, 0.717) is 0 Å². The van der Waals surface area contributed by atoms with Gasteiger partial charge in [0.25, 0.3) is 0 Å². The molecular formula is C14H15ClN2S. The third-order valence-electron chi connectivity index (χ3n) is 2.32. The van der Waals surface area contributed by atoms with Crippen molar-refractivity contribution in [2.24, 2.45) is 0 Å². The molecule has 1 N–H and O–H groups in total. The summed E-state index contributed by atoms with van der Waals surface area (Å²) in [4.78, 5) is 5.69. The van der Waals surface area contributed by atoms with Crippen LogP contribution in [0.4, 0.5) is 5.82 Å². The van der Waals surface area contributed by atoms with Crippen molar-refractivity contribution in [3.8, 4) is 0 Å². The van der Waals surface area contributed by atoms with Crippen molar-refractivity contribution in [3.63, 3.8) is 0 Å². The fourth-order valence-electron chi connectivity index (χ4n) is 1.45. The van der Waals surface area contributed by atoms with Crippen LogP contribution >= 0.6 is 23.4 Å². The normalized spacial score (nSPS) is 10.3. The molecule has 0 fully saturated rings. The lowest BCUT2D eigenvalue weighted by Gasteiger charge is -2.06. The highest BCUT2D eigenvalue weighted by molar-refractivity contribution is 7.99. The number of nitrogens with zero attached hydrogens (tertiary/aromatic N) is 1. The fourth-order valence-corrected chi connectivity index (χ4v) is 2.38. The Labute approximate surface area is 117 Å². The maximum Gasteiger partial charge on any atom is 0.127 e. The summed E-state index contributed by atoms with van der Waals surface area (Å²) < 4.78 is 0. The first-order chi connectivity index (χ1) is 8.78. The lowest BCUT2D eigenvalue weighted by Crippen LogP contribution is -2.01. The number of halogens is 1. The van der Waals surface area contributed by atoms with Gasteiger partial charge in [0, 0.05) is 16.5 Å². The van der Waals surface area contributed by atoms with Crippen LogP contribution in [-0.4, -0.2) is 11.5 Å². The Balaban J connectivity index is 2.06. The maximum atomic E-state index is 5.86. The Kier molecular flexibility index (Phi) is 4.90. The van der Waals surface area contributed by atoms with E-state index in [4.69, 9.17) is 11.6 Å². The number of rotatable bonds is 5. The van der Waals surface area contributed by atoms with Crippen molar-refractivity contribution >= 4 is 29.2 Å². The molecule has 4 heteroatoms. The highest BCUT2D eigenvalue weighted by Gasteiger charge is 2.00. The summed E-state index contributed by atoms with van der Waals surface area (Å²) in [6.07, 6.45) is 1.09. The summed E-state index contributed by atoms with van der Waals surface area (Å²) in [5.74, 6) is 0.927. The zero-order valence-electron chi connectivity index (χ0n) is 10.2. The van der Waals surface area contributed by atoms with E-state index < -0.39 is 0 Å². The van der Waals surface area contributed by atoms with E-state index in [9.17, 15) is 0 Å². The Hall–Kier alpha value is -1.19. The minimum absolute atomic E-state index is 0.755. The molecule has 0 aliphatic carbocycles. The first-order valence-corrected chi connectivity index (χ1v) is 7.11. The smallest absolute Gasteiger partial charge is 0.127 e. The molecule has 94 valence electrons. The van der Waals surface area contributed by atoms with E-state index in [1.54, 1.807) is 11.8 Å². The van der Waals surface area contributed by atoms with Gasteiger partial charge in [0.05, 0.1) is 0 Å². The van der Waals surface area contributed by atoms with Crippen molar-refractivity contribution in [1.82, 2.24) is 4.98 Å². The monoisotopic (exact) mass is 278 g/mol. The molecule has 2 rings (SSSR count). The quantitative estimate of drug-likeness (QED) is 0.857. The molecule has 0 bridgehead atoms. The van der Waals surface area contributed by atoms with Gasteiger partial charge >= 0.3 is 0 Å². The molecule has 1 heterocycles. The first-order valence-electron chi connectivity index (χ1n) is 5.92. The van der Waals surface area contributed by atoms with E-state index in [0.717, 1.165) is 33.7 Å². The zero-order chi connectivity index (χ0) is 12.8. The molecule has 0 aliphatic heterocycles. The second-order valence-electron chi connectivity index (χ2n) is 3.84. The van der Waals surface area contributed by atoms with Gasteiger partial charge in [-0.2, -0.15) is 0 Å². The van der Waals surface area contributed by atoms with Gasteiger partial charge in [-0.3, -0.25) is 0 Å². The van der Waals surface area contributed by atoms with Crippen LogP contribution < -0.4 is 5.32 Å². The van der Waals surface area contributed by atoms with Crippen molar-refractivity contribution in [1.29, 1.82) is 0 Å². The second-order valence-corrected chi connectivity index (χ2v) is 5.37. The highest BCUT2D eigenvalue weighted by Crippen LogP contribution is 2.27. The van der Waals surface area contributed by atoms with Crippen LogP contribution in [0.3, 0.4) is 0 Å². The molecule has 18 heavy (non-hydrogen) atoms. The minimum atomic E-state index is 0.755. The lowest BCUT2D eigenvalue weighted by molar-refractivity contribution is 0.960. The zero-order valence-corrected chi connectivity index (χ0v) is 11.8. The summed E-state index contributed by atoms with van der Waals surface area (Å²) in [5, 5.41) is 5.02. The molecule has 2 aromatic rings. The Morgan fingerprint density at radius 2 is 1.94 bits per heavy atom. The number of benzene rings is 1. The number of nitrogens with one attached hydrogen (secondary N) is 1. The predicted octanol–water partition coefficient (Wildman–Crippen LogP) is 4.71. The third kappa shape index (κ3) is 3.93. The molecule has 2 nitrogen and oxygen atoms in total. The summed E-state index contributed by atoms with van der Waals surface area (Å²) in [6.45, 7) is 3.08. The summed E-state index contributed by atoms with van der Waals surface area (Å²) in [6, 6.07) is 13.8. The third-order valence-corrected chi connectivity index (χ3v) is 3.51. The van der Waals surface area contributed by atoms with E-state index in [-0.39, 0.29) is 0 Å². The van der Waals surface area contributed by atoms with Crippen LogP contribution in [0.15, 0.2) is 52.4 Å². The molecule has 0 spiro atoms. The van der Waals surface area contributed by atoms with E-state index in [1.165, 1.54) is 0 Å². The number of aromatic nitrogens is 1. The molecule has 1 aromatic carbocycles. The van der Waals surface area contributed by atoms with Crippen LogP contribution in [0.1, 0.15) is 13.3 Å². The van der Waals surface area contributed by atoms with Gasteiger partial charge < -0.3 is 5.32 Å². The molecule has 0 radical (unpaired) electrons. The number of pyridine rings is 1. The maximum absolute atomic E-state index is 5.86. The van der Waals surface area contributed by atoms with Crippen LogP contribution in [0, 0.1) is 0 Å². The van der Waals surface area contributed by atoms with E-state index >= 15 is 0 Å². The molecule has 0 atom stereocenters. The van der Waals surface area contributed by atoms with Crippen LogP contribution in [0.25, 0.3) is 0 Å². The average molecular weight is 279 g/mol. The number of anilines is 1. The van der Waals surface area contributed by atoms with Crippen LogP contribution in [0.5, 0.6) is 0 Å². The van der Waals surface area contributed by atoms with Gasteiger partial charge in [0.2, 0.25) is 0 Å². The van der Waals surface area contributed by atoms with Gasteiger partial charge in [-0.25, -0.2) is 4.98 Å². The number of hydrogen-bond donors (Lipinski definition) is 1. The fraction of sp³-hybridized carbons (Fsp3) is 0.214. The van der Waals surface area contributed by atoms with Gasteiger partial charge in [0.15, 0.2) is 0 Å². The van der Waals surface area contributed by atoms with Gasteiger partial charge in [-0.15, -0.1) is 0 Å². The summed E-state index contributed by atoms with van der Waals surface area (Å²) in [5.41, 5.74) is 0. The van der Waals surface area contributed by atoms with Crippen molar-refractivity contribution in [2.75, 3.05) is 11.9 Å². The Bertz CT molecular complexity index is 499. The predicted molar refractivity (Wildman–Crippen MR) is 78.6 cm³/mol. The standard InChI is InChI=1S/C14H15ClN2S/c1-2-10-16-13-4-3-5-14(17-13)18-12-8-6-11(15)7-9-12/h3-9H,2,10H2,1H3,(H,16,17). The topological polar surface area (TPSA) is 24.9 Å². The second kappa shape index (κ2) is 6.66. The van der Waals surface area contributed by atoms with E-state index in [2.05, 4.69) is 17.2 Å². The summed E-state index contributed by atoms with van der Waals surface area (Å²) >= 11 is 7.50. The number of hydrogen-bond acceptors (Lipinski definition) is 3. The molecule has 0 saturated carbocycles. The van der Waals surface area contributed by atoms with Crippen molar-refractivity contribution in [2.45, 2.75) is 23.3 Å². The molecule has 1 aromatic heterocycles. The molecular weight excluding hydrogens is 264 g/mol. The van der Waals surface area contributed by atoms with Crippen LogP contribution in [0.2, 0.25) is 5.02 Å². The minimum Gasteiger partial charge on any atom is -0.370 e. The largest absolute Gasteiger partial charge is 0.370 e. The molecule has 0 saturated heterocycles. The summed E-state index contributed by atoms with van der Waals surface area (Å²) in [7, 11) is 0. The van der Waals surface area contributed by atoms with Crippen LogP contribution in [-0.2, 0) is 0 Å². The molecule has 0 aliphatic rings. The van der Waals surface area contributed by atoms with Gasteiger partial charge in [0.1, 0.15) is 10.8 Å². The van der Waals surface area contributed by atoms with Gasteiger partial charge in [-0.05, 0) is 42.8 Å². The van der Waals surface area contributed by atoms with Crippen molar-refractivity contribution < 1.29 is 0 Å². The highest BCUT2D eigenvalue weighted by atomic mass is 35.5. The Morgan fingerprint density at radius 1 is 1.17 bits per heavy atom.